The first kappa shape index (κ1) is 12.0. The van der Waals surface area contributed by atoms with Gasteiger partial charge in [-0.2, -0.15) is 0 Å². The Balaban J connectivity index is 3.88. The molecule has 0 aromatic carbocycles. The van der Waals surface area contributed by atoms with E-state index in [2.05, 4.69) is 17.4 Å². The molecule has 0 heterocycles. The molecule has 0 aromatic heterocycles. The molecular weight excluding hydrogens is 254 g/mol. The summed E-state index contributed by atoms with van der Waals surface area (Å²) in [6, 6.07) is 0. The average molecular weight is 258 g/mol. The smallest absolute Gasteiger partial charge is 0.354 e. The highest BCUT2D eigenvalue weighted by atomic mass is 35.5. The van der Waals surface area contributed by atoms with E-state index in [9.17, 15) is 4.79 Å². The fourth-order valence-corrected chi connectivity index (χ4v) is 0.504. The molecule has 0 N–H and O–H groups in total. The number of thiol groups is 1. The molecule has 0 fully saturated rings. The topological polar surface area (TPSA) is 26.3 Å². The van der Waals surface area contributed by atoms with E-state index in [1.807, 2.05) is 0 Å². The van der Waals surface area contributed by atoms with Gasteiger partial charge in [0.2, 0.25) is 0 Å². The minimum Gasteiger partial charge on any atom is -0.442 e. The molecule has 1 unspecified atom stereocenters. The molecule has 0 saturated heterocycles. The monoisotopic (exact) mass is 256 g/mol. The van der Waals surface area contributed by atoms with E-state index >= 15 is 0 Å². The van der Waals surface area contributed by atoms with Gasteiger partial charge in [-0.1, -0.05) is 34.8 Å². The second-order valence-corrected chi connectivity index (χ2v) is 4.83. The van der Waals surface area contributed by atoms with Crippen molar-refractivity contribution >= 4 is 65.0 Å². The molecule has 0 saturated carbocycles. The number of alkyl halides is 4. The van der Waals surface area contributed by atoms with Gasteiger partial charge in [0.05, 0.1) is 5.88 Å². The van der Waals surface area contributed by atoms with Crippen LogP contribution in [-0.4, -0.2) is 21.1 Å². The Morgan fingerprint density at radius 1 is 1.64 bits per heavy atom. The van der Waals surface area contributed by atoms with Gasteiger partial charge in [0, 0.05) is 0 Å². The van der Waals surface area contributed by atoms with Gasteiger partial charge >= 0.3 is 5.97 Å². The summed E-state index contributed by atoms with van der Waals surface area (Å²) < 4.78 is 2.54. The number of hydrogen-bond donors (Lipinski definition) is 1. The highest BCUT2D eigenvalue weighted by Crippen LogP contribution is 2.27. The Morgan fingerprint density at radius 3 is 2.36 bits per heavy atom. The van der Waals surface area contributed by atoms with Gasteiger partial charge in [-0.15, -0.1) is 24.2 Å². The lowest BCUT2D eigenvalue weighted by atomic mass is 10.7. The molecule has 0 radical (unpaired) electrons. The molecule has 2 nitrogen and oxygen atoms in total. The average Bonchev–Trinajstić information content (AvgIpc) is 1.85. The van der Waals surface area contributed by atoms with Crippen LogP contribution in [0.25, 0.3) is 0 Å². The van der Waals surface area contributed by atoms with E-state index in [0.717, 1.165) is 0 Å². The summed E-state index contributed by atoms with van der Waals surface area (Å²) in [6.07, 6.45) is 0. The maximum absolute atomic E-state index is 10.7. The quantitative estimate of drug-likeness (QED) is 0.478. The van der Waals surface area contributed by atoms with E-state index in [1.54, 1.807) is 0 Å². The minimum absolute atomic E-state index is 0.0368. The number of esters is 1. The van der Waals surface area contributed by atoms with Gasteiger partial charge in [-0.05, 0) is 0 Å². The van der Waals surface area contributed by atoms with Crippen LogP contribution in [0.3, 0.4) is 0 Å². The Labute approximate surface area is 89.5 Å². The first-order valence-corrected chi connectivity index (χ1v) is 4.56. The molecular formula is C4H4Cl4O2S. The first-order valence-electron chi connectivity index (χ1n) is 2.39. The van der Waals surface area contributed by atoms with Gasteiger partial charge in [0.25, 0.3) is 3.67 Å². The number of carbonyl (C=O) groups is 1. The number of rotatable bonds is 3. The molecule has 66 valence electrons. The number of hydrogen-bond acceptors (Lipinski definition) is 3. The van der Waals surface area contributed by atoms with Crippen LogP contribution in [0.5, 0.6) is 0 Å². The molecule has 0 aliphatic rings. The molecule has 0 aliphatic heterocycles. The van der Waals surface area contributed by atoms with E-state index < -0.39 is 15.2 Å². The van der Waals surface area contributed by atoms with E-state index in [1.165, 1.54) is 0 Å². The molecule has 0 amide bonds. The van der Waals surface area contributed by atoms with Crippen LogP contribution < -0.4 is 0 Å². The standard InChI is InChI=1S/C4H4Cl4O2S/c5-1-2(6)10-3(9)4(7,8)11/h2,11H,1H2. The summed E-state index contributed by atoms with van der Waals surface area (Å²) in [4.78, 5) is 10.7. The van der Waals surface area contributed by atoms with Crippen molar-refractivity contribution in [2.45, 2.75) is 9.23 Å². The Hall–Kier alpha value is 0.980. The predicted octanol–water partition coefficient (Wildman–Crippen LogP) is 2.39. The van der Waals surface area contributed by atoms with Crippen molar-refractivity contribution in [2.24, 2.45) is 0 Å². The second kappa shape index (κ2) is 4.87. The molecule has 0 rings (SSSR count). The Morgan fingerprint density at radius 2 is 2.09 bits per heavy atom. The SMILES string of the molecule is O=C(OC(Cl)CCl)C(S)(Cl)Cl. The zero-order valence-corrected chi connectivity index (χ0v) is 8.98. The van der Waals surface area contributed by atoms with E-state index in [-0.39, 0.29) is 5.88 Å². The molecule has 0 aliphatic carbocycles. The van der Waals surface area contributed by atoms with E-state index in [4.69, 9.17) is 46.4 Å². The van der Waals surface area contributed by atoms with Gasteiger partial charge in [-0.25, -0.2) is 4.79 Å². The summed E-state index contributed by atoms with van der Waals surface area (Å²) in [5.74, 6) is -0.977. The van der Waals surface area contributed by atoms with Gasteiger partial charge < -0.3 is 4.74 Å². The van der Waals surface area contributed by atoms with Crippen LogP contribution in [-0.2, 0) is 9.53 Å². The summed E-state index contributed by atoms with van der Waals surface area (Å²) in [6.45, 7) is 0. The van der Waals surface area contributed by atoms with Crippen molar-refractivity contribution in [3.05, 3.63) is 0 Å². The normalized spacial score (nSPS) is 14.3. The third-order valence-electron chi connectivity index (χ3n) is 0.602. The second-order valence-electron chi connectivity index (χ2n) is 1.51. The van der Waals surface area contributed by atoms with Crippen molar-refractivity contribution in [1.82, 2.24) is 0 Å². The third kappa shape index (κ3) is 5.26. The lowest BCUT2D eigenvalue weighted by molar-refractivity contribution is -0.143. The summed E-state index contributed by atoms with van der Waals surface area (Å²) >= 11 is 24.6. The molecule has 0 aromatic rings. The first-order chi connectivity index (χ1) is 4.88. The van der Waals surface area contributed by atoms with Crippen molar-refractivity contribution in [2.75, 3.05) is 5.88 Å². The van der Waals surface area contributed by atoms with Crippen LogP contribution in [0.15, 0.2) is 0 Å². The van der Waals surface area contributed by atoms with Crippen molar-refractivity contribution in [3.63, 3.8) is 0 Å². The lowest BCUT2D eigenvalue weighted by Crippen LogP contribution is -2.26. The third-order valence-corrected chi connectivity index (χ3v) is 1.77. The van der Waals surface area contributed by atoms with Crippen LogP contribution >= 0.6 is 59.0 Å². The fourth-order valence-electron chi connectivity index (χ4n) is 0.219. The fraction of sp³-hybridized carbons (Fsp3) is 0.750. The summed E-state index contributed by atoms with van der Waals surface area (Å²) in [5, 5.41) is 0. The molecule has 0 spiro atoms. The summed E-state index contributed by atoms with van der Waals surface area (Å²) in [7, 11) is 0. The van der Waals surface area contributed by atoms with Crippen LogP contribution in [0.4, 0.5) is 0 Å². The minimum atomic E-state index is -1.88. The maximum atomic E-state index is 10.7. The lowest BCUT2D eigenvalue weighted by Gasteiger charge is -2.13. The maximum Gasteiger partial charge on any atom is 0.354 e. The largest absolute Gasteiger partial charge is 0.442 e. The van der Waals surface area contributed by atoms with Gasteiger partial charge in [-0.3, -0.25) is 0 Å². The van der Waals surface area contributed by atoms with Gasteiger partial charge in [0.1, 0.15) is 0 Å². The van der Waals surface area contributed by atoms with E-state index in [0.29, 0.717) is 0 Å². The van der Waals surface area contributed by atoms with Crippen LogP contribution in [0.2, 0.25) is 0 Å². The van der Waals surface area contributed by atoms with Gasteiger partial charge in [0.15, 0.2) is 5.56 Å². The molecule has 0 bridgehead atoms. The number of halogens is 4. The zero-order valence-electron chi connectivity index (χ0n) is 5.06. The Bertz CT molecular complexity index is 146. The number of ether oxygens (including phenoxy) is 1. The summed E-state index contributed by atoms with van der Waals surface area (Å²) in [5.41, 5.74) is -0.937. The molecule has 1 atom stereocenters. The highest BCUT2D eigenvalue weighted by Gasteiger charge is 2.32. The number of carbonyl (C=O) groups excluding carboxylic acids is 1. The highest BCUT2D eigenvalue weighted by molar-refractivity contribution is 7.86. The van der Waals surface area contributed by atoms with Crippen molar-refractivity contribution < 1.29 is 9.53 Å². The van der Waals surface area contributed by atoms with Crippen molar-refractivity contribution in [1.29, 1.82) is 0 Å². The Kier molecular flexibility index (Phi) is 5.31. The predicted molar refractivity (Wildman–Crippen MR) is 49.9 cm³/mol. The molecule has 11 heavy (non-hydrogen) atoms. The van der Waals surface area contributed by atoms with Crippen molar-refractivity contribution in [3.8, 4) is 0 Å². The van der Waals surface area contributed by atoms with Crippen LogP contribution in [0.1, 0.15) is 0 Å². The molecule has 7 heteroatoms. The zero-order chi connectivity index (χ0) is 9.07. The van der Waals surface area contributed by atoms with Crippen LogP contribution in [0, 0.1) is 0 Å².